The SMILES string of the molecule is CC(C)(C)OC(=O)N1CC(CC(=O)O)(N2CCC(N(C(=O)C(F)(F)F)[C@@H]3CC3c3ccccc3)CC2)C1. The van der Waals surface area contributed by atoms with Crippen LogP contribution in [-0.2, 0) is 14.3 Å². The van der Waals surface area contributed by atoms with Crippen molar-refractivity contribution in [1.82, 2.24) is 14.7 Å². The number of alkyl halides is 3. The highest BCUT2D eigenvalue weighted by Crippen LogP contribution is 2.48. The molecule has 0 spiro atoms. The van der Waals surface area contributed by atoms with Gasteiger partial charge in [-0.05, 0) is 45.6 Å². The van der Waals surface area contributed by atoms with Crippen molar-refractivity contribution in [3.63, 3.8) is 0 Å². The van der Waals surface area contributed by atoms with Crippen molar-refractivity contribution in [3.8, 4) is 0 Å². The van der Waals surface area contributed by atoms with E-state index in [0.29, 0.717) is 32.4 Å². The molecule has 1 N–H and O–H groups in total. The first-order valence-electron chi connectivity index (χ1n) is 12.6. The molecule has 1 unspecified atom stereocenters. The zero-order valence-electron chi connectivity index (χ0n) is 21.3. The Balaban J connectivity index is 1.44. The summed E-state index contributed by atoms with van der Waals surface area (Å²) in [5.74, 6) is -2.95. The van der Waals surface area contributed by atoms with Crippen molar-refractivity contribution in [3.05, 3.63) is 35.9 Å². The van der Waals surface area contributed by atoms with Gasteiger partial charge in [0.25, 0.3) is 0 Å². The van der Waals surface area contributed by atoms with E-state index < -0.39 is 47.4 Å². The van der Waals surface area contributed by atoms with E-state index >= 15 is 0 Å². The molecular formula is C26H34F3N3O5. The molecule has 0 radical (unpaired) electrons. The third-order valence-corrected chi connectivity index (χ3v) is 7.45. The minimum Gasteiger partial charge on any atom is -0.481 e. The first kappa shape index (κ1) is 27.2. The van der Waals surface area contributed by atoms with Crippen molar-refractivity contribution >= 4 is 18.0 Å². The summed E-state index contributed by atoms with van der Waals surface area (Å²) in [4.78, 5) is 41.0. The van der Waals surface area contributed by atoms with E-state index in [4.69, 9.17) is 4.74 Å². The van der Waals surface area contributed by atoms with Crippen LogP contribution in [-0.4, -0.2) is 93.4 Å². The first-order valence-corrected chi connectivity index (χ1v) is 12.6. The van der Waals surface area contributed by atoms with Gasteiger partial charge in [0.05, 0.1) is 12.0 Å². The van der Waals surface area contributed by atoms with Gasteiger partial charge in [0.1, 0.15) is 5.60 Å². The zero-order valence-corrected chi connectivity index (χ0v) is 21.3. The Kier molecular flexibility index (Phi) is 7.22. The molecule has 0 bridgehead atoms. The van der Waals surface area contributed by atoms with E-state index in [2.05, 4.69) is 0 Å². The van der Waals surface area contributed by atoms with Gasteiger partial charge in [-0.25, -0.2) is 4.79 Å². The molecule has 3 aliphatic rings. The summed E-state index contributed by atoms with van der Waals surface area (Å²) < 4.78 is 46.1. The topological polar surface area (TPSA) is 90.4 Å². The molecule has 204 valence electrons. The molecule has 3 fully saturated rings. The van der Waals surface area contributed by atoms with Gasteiger partial charge in [-0.15, -0.1) is 0 Å². The van der Waals surface area contributed by atoms with E-state index in [0.717, 1.165) is 10.5 Å². The molecule has 11 heteroatoms. The number of carbonyl (C=O) groups is 3. The fourth-order valence-corrected chi connectivity index (χ4v) is 5.72. The van der Waals surface area contributed by atoms with Gasteiger partial charge in [0.15, 0.2) is 0 Å². The number of amides is 2. The van der Waals surface area contributed by atoms with E-state index in [9.17, 15) is 32.7 Å². The van der Waals surface area contributed by atoms with Gasteiger partial charge in [-0.2, -0.15) is 13.2 Å². The van der Waals surface area contributed by atoms with Crippen LogP contribution in [0.5, 0.6) is 0 Å². The van der Waals surface area contributed by atoms with Crippen LogP contribution in [0.4, 0.5) is 18.0 Å². The zero-order chi connectivity index (χ0) is 27.2. The normalized spacial score (nSPS) is 24.2. The van der Waals surface area contributed by atoms with Crippen LogP contribution >= 0.6 is 0 Å². The molecule has 8 nitrogen and oxygen atoms in total. The van der Waals surface area contributed by atoms with Crippen LogP contribution in [0, 0.1) is 0 Å². The Hall–Kier alpha value is -2.82. The molecule has 4 rings (SSSR count). The van der Waals surface area contributed by atoms with Gasteiger partial charge in [0, 0.05) is 44.2 Å². The number of rotatable bonds is 6. The molecule has 1 aromatic rings. The number of halogens is 3. The third-order valence-electron chi connectivity index (χ3n) is 7.45. The average molecular weight is 526 g/mol. The second-order valence-electron chi connectivity index (χ2n) is 11.4. The number of aliphatic carboxylic acids is 1. The van der Waals surface area contributed by atoms with E-state index in [1.54, 1.807) is 20.8 Å². The molecule has 0 aromatic heterocycles. The Morgan fingerprint density at radius 2 is 1.68 bits per heavy atom. The number of carbonyl (C=O) groups excluding carboxylic acids is 2. The van der Waals surface area contributed by atoms with E-state index in [-0.39, 0.29) is 25.4 Å². The summed E-state index contributed by atoms with van der Waals surface area (Å²) in [6, 6.07) is 8.14. The maximum Gasteiger partial charge on any atom is 0.471 e. The molecule has 1 aromatic carbocycles. The van der Waals surface area contributed by atoms with E-state index in [1.807, 2.05) is 35.2 Å². The number of likely N-dealkylation sites (tertiary alicyclic amines) is 2. The number of carboxylic acid groups (broad SMARTS) is 1. The lowest BCUT2D eigenvalue weighted by molar-refractivity contribution is -0.190. The molecule has 37 heavy (non-hydrogen) atoms. The fourth-order valence-electron chi connectivity index (χ4n) is 5.72. The molecule has 2 saturated heterocycles. The standard InChI is InChI=1S/C26H34F3N3O5/c1-24(2,3)37-23(36)30-15-25(16-30,14-21(33)34)31-11-9-18(10-12-31)32(22(35)26(27,28)29)20-13-19(20)17-7-5-4-6-8-17/h4-8,18-20H,9-16H2,1-3H3,(H,33,34)/t19?,20-/m1/s1. The molecule has 1 aliphatic carbocycles. The average Bonchev–Trinajstić information content (AvgIpc) is 3.55. The summed E-state index contributed by atoms with van der Waals surface area (Å²) in [6.45, 7) is 6.25. The maximum atomic E-state index is 13.6. The highest BCUT2D eigenvalue weighted by molar-refractivity contribution is 5.83. The number of ether oxygens (including phenoxy) is 1. The number of nitrogens with zero attached hydrogens (tertiary/aromatic N) is 3. The number of benzene rings is 1. The lowest BCUT2D eigenvalue weighted by Crippen LogP contribution is -2.73. The monoisotopic (exact) mass is 525 g/mol. The largest absolute Gasteiger partial charge is 0.481 e. The third kappa shape index (κ3) is 6.02. The van der Waals surface area contributed by atoms with Crippen LogP contribution in [0.15, 0.2) is 30.3 Å². The minimum absolute atomic E-state index is 0.127. The van der Waals surface area contributed by atoms with Crippen LogP contribution in [0.2, 0.25) is 0 Å². The lowest BCUT2D eigenvalue weighted by atomic mass is 9.82. The molecular weight excluding hydrogens is 491 g/mol. The van der Waals surface area contributed by atoms with Crippen LogP contribution in [0.3, 0.4) is 0 Å². The number of piperidine rings is 1. The Bertz CT molecular complexity index is 1010. The van der Waals surface area contributed by atoms with Gasteiger partial charge >= 0.3 is 24.1 Å². The highest BCUT2D eigenvalue weighted by atomic mass is 19.4. The quantitative estimate of drug-likeness (QED) is 0.607. The number of carboxylic acids is 1. The van der Waals surface area contributed by atoms with Crippen molar-refractivity contribution in [2.45, 2.75) is 81.8 Å². The maximum absolute atomic E-state index is 13.6. The molecule has 1 saturated carbocycles. The van der Waals surface area contributed by atoms with Crippen molar-refractivity contribution < 1.29 is 37.4 Å². The predicted octanol–water partition coefficient (Wildman–Crippen LogP) is 3.86. The van der Waals surface area contributed by atoms with Crippen molar-refractivity contribution in [1.29, 1.82) is 0 Å². The summed E-state index contributed by atoms with van der Waals surface area (Å²) in [5.41, 5.74) is -0.573. The predicted molar refractivity (Wildman–Crippen MR) is 128 cm³/mol. The highest BCUT2D eigenvalue weighted by Gasteiger charge is 2.56. The minimum atomic E-state index is -4.96. The van der Waals surface area contributed by atoms with Crippen LogP contribution < -0.4 is 0 Å². The van der Waals surface area contributed by atoms with Crippen molar-refractivity contribution in [2.24, 2.45) is 0 Å². The summed E-state index contributed by atoms with van der Waals surface area (Å²) in [6.07, 6.45) is -4.60. The molecule has 2 heterocycles. The molecule has 2 amide bonds. The van der Waals surface area contributed by atoms with Gasteiger partial charge in [-0.3, -0.25) is 14.5 Å². The number of hydrogen-bond acceptors (Lipinski definition) is 5. The van der Waals surface area contributed by atoms with Crippen LogP contribution in [0.1, 0.15) is 57.9 Å². The fraction of sp³-hybridized carbons (Fsp3) is 0.654. The Morgan fingerprint density at radius 3 is 2.19 bits per heavy atom. The second-order valence-corrected chi connectivity index (χ2v) is 11.4. The summed E-state index contributed by atoms with van der Waals surface area (Å²) >= 11 is 0. The van der Waals surface area contributed by atoms with Gasteiger partial charge in [-0.1, -0.05) is 30.3 Å². The second kappa shape index (κ2) is 9.81. The summed E-state index contributed by atoms with van der Waals surface area (Å²) in [7, 11) is 0. The smallest absolute Gasteiger partial charge is 0.471 e. The molecule has 2 aliphatic heterocycles. The first-order chi connectivity index (χ1) is 17.2. The van der Waals surface area contributed by atoms with Gasteiger partial charge < -0.3 is 19.6 Å². The van der Waals surface area contributed by atoms with Gasteiger partial charge in [0.2, 0.25) is 0 Å². The van der Waals surface area contributed by atoms with Crippen molar-refractivity contribution in [2.75, 3.05) is 26.2 Å². The number of hydrogen-bond donors (Lipinski definition) is 1. The Labute approximate surface area is 214 Å². The van der Waals surface area contributed by atoms with E-state index in [1.165, 1.54) is 4.90 Å². The molecule has 2 atom stereocenters. The van der Waals surface area contributed by atoms with Crippen LogP contribution in [0.25, 0.3) is 0 Å². The lowest BCUT2D eigenvalue weighted by Gasteiger charge is -2.57. The Morgan fingerprint density at radius 1 is 1.08 bits per heavy atom. The summed E-state index contributed by atoms with van der Waals surface area (Å²) in [5, 5.41) is 9.54.